The van der Waals surface area contributed by atoms with E-state index in [0.717, 1.165) is 22.7 Å². The molecule has 0 radical (unpaired) electrons. The maximum Gasteiger partial charge on any atom is 0.0561 e. The van der Waals surface area contributed by atoms with Crippen molar-refractivity contribution in [3.63, 3.8) is 0 Å². The predicted molar refractivity (Wildman–Crippen MR) is 256 cm³/mol. The molecule has 2 aliphatic rings. The maximum atomic E-state index is 2.52. The molecule has 0 aliphatic heterocycles. The van der Waals surface area contributed by atoms with Gasteiger partial charge in [-0.3, -0.25) is 0 Å². The molecule has 0 unspecified atom stereocenters. The topological polar surface area (TPSA) is 8.17 Å². The minimum absolute atomic E-state index is 0.105. The summed E-state index contributed by atoms with van der Waals surface area (Å²) in [6.07, 6.45) is 4.98. The number of hydrogen-bond donors (Lipinski definition) is 0. The fraction of sp³-hybridized carbons (Fsp3) is 0.0847. The van der Waals surface area contributed by atoms with E-state index in [0.29, 0.717) is 0 Å². The van der Waals surface area contributed by atoms with Crippen molar-refractivity contribution in [2.75, 3.05) is 4.90 Å². The molecule has 2 nitrogen and oxygen atoms in total. The number of nitrogens with zero attached hydrogens (tertiary/aromatic N) is 2. The monoisotopic (exact) mass is 780 g/mol. The molecule has 1 saturated carbocycles. The average molecular weight is 781 g/mol. The number of aromatic nitrogens is 1. The first-order chi connectivity index (χ1) is 30.3. The molecular formula is C59H44N2. The van der Waals surface area contributed by atoms with Gasteiger partial charge < -0.3 is 9.47 Å². The van der Waals surface area contributed by atoms with Gasteiger partial charge in [0.1, 0.15) is 0 Å². The molecule has 0 amide bonds. The zero-order valence-corrected chi connectivity index (χ0v) is 34.0. The molecule has 12 rings (SSSR count). The van der Waals surface area contributed by atoms with Gasteiger partial charge in [0.25, 0.3) is 0 Å². The van der Waals surface area contributed by atoms with E-state index in [-0.39, 0.29) is 5.41 Å². The number of fused-ring (bicyclic) bond motifs is 8. The highest BCUT2D eigenvalue weighted by Gasteiger charge is 2.45. The highest BCUT2D eigenvalue weighted by Crippen LogP contribution is 2.58. The van der Waals surface area contributed by atoms with Crippen molar-refractivity contribution in [3.05, 3.63) is 230 Å². The second-order valence-electron chi connectivity index (χ2n) is 16.8. The third-order valence-corrected chi connectivity index (χ3v) is 13.6. The van der Waals surface area contributed by atoms with Crippen LogP contribution >= 0.6 is 0 Å². The fourth-order valence-electron chi connectivity index (χ4n) is 10.9. The Morgan fingerprint density at radius 2 is 0.885 bits per heavy atom. The van der Waals surface area contributed by atoms with Gasteiger partial charge in [0.2, 0.25) is 0 Å². The quantitative estimate of drug-likeness (QED) is 0.156. The van der Waals surface area contributed by atoms with Gasteiger partial charge in [0.05, 0.1) is 16.7 Å². The molecule has 0 bridgehead atoms. The van der Waals surface area contributed by atoms with E-state index in [2.05, 4.69) is 228 Å². The molecule has 1 heterocycles. The number of benzene rings is 9. The summed E-state index contributed by atoms with van der Waals surface area (Å²) in [5, 5.41) is 2.49. The van der Waals surface area contributed by atoms with Gasteiger partial charge in [-0.15, -0.1) is 0 Å². The Morgan fingerprint density at radius 1 is 0.361 bits per heavy atom. The lowest BCUT2D eigenvalue weighted by Crippen LogP contribution is -2.20. The molecule has 0 saturated heterocycles. The van der Waals surface area contributed by atoms with Gasteiger partial charge in [0.15, 0.2) is 0 Å². The summed E-state index contributed by atoms with van der Waals surface area (Å²) in [6, 6.07) is 80.8. The van der Waals surface area contributed by atoms with Gasteiger partial charge in [-0.2, -0.15) is 0 Å². The van der Waals surface area contributed by atoms with Crippen LogP contribution in [0, 0.1) is 0 Å². The van der Waals surface area contributed by atoms with Crippen LogP contribution in [0.2, 0.25) is 0 Å². The van der Waals surface area contributed by atoms with Gasteiger partial charge in [0, 0.05) is 38.8 Å². The van der Waals surface area contributed by atoms with Crippen LogP contribution in [0.4, 0.5) is 17.1 Å². The van der Waals surface area contributed by atoms with Crippen molar-refractivity contribution in [1.82, 2.24) is 4.57 Å². The molecule has 1 aromatic heterocycles. The average Bonchev–Trinajstić information content (AvgIpc) is 4.03. The Labute approximate surface area is 357 Å². The van der Waals surface area contributed by atoms with Crippen LogP contribution in [0.3, 0.4) is 0 Å². The number of rotatable bonds is 7. The van der Waals surface area contributed by atoms with Crippen molar-refractivity contribution in [3.8, 4) is 50.2 Å². The summed E-state index contributed by atoms with van der Waals surface area (Å²) in [7, 11) is 0. The second-order valence-corrected chi connectivity index (χ2v) is 16.8. The minimum Gasteiger partial charge on any atom is -0.310 e. The van der Waals surface area contributed by atoms with Crippen LogP contribution in [0.15, 0.2) is 218 Å². The minimum atomic E-state index is 0.105. The normalized spacial score (nSPS) is 13.8. The molecule has 0 N–H and O–H groups in total. The van der Waals surface area contributed by atoms with Gasteiger partial charge >= 0.3 is 0 Å². The zero-order chi connectivity index (χ0) is 40.3. The third-order valence-electron chi connectivity index (χ3n) is 13.6. The van der Waals surface area contributed by atoms with Crippen LogP contribution < -0.4 is 4.90 Å². The molecule has 0 atom stereocenters. The van der Waals surface area contributed by atoms with Gasteiger partial charge in [-0.25, -0.2) is 0 Å². The van der Waals surface area contributed by atoms with E-state index in [4.69, 9.17) is 0 Å². The number of anilines is 3. The summed E-state index contributed by atoms with van der Waals surface area (Å²) in [6.45, 7) is 0. The van der Waals surface area contributed by atoms with E-state index >= 15 is 0 Å². The van der Waals surface area contributed by atoms with Crippen LogP contribution in [0.5, 0.6) is 0 Å². The summed E-state index contributed by atoms with van der Waals surface area (Å²) in [5.41, 5.74) is 20.0. The van der Waals surface area contributed by atoms with Crippen LogP contribution in [-0.4, -0.2) is 4.57 Å². The van der Waals surface area contributed by atoms with Crippen molar-refractivity contribution >= 4 is 38.9 Å². The fourth-order valence-corrected chi connectivity index (χ4v) is 10.9. The van der Waals surface area contributed by atoms with Crippen LogP contribution in [0.25, 0.3) is 72.0 Å². The standard InChI is InChI=1S/C59H44N2/c1-3-19-41(20-4-1)45-23-7-8-24-46(45)47-25-9-10-26-48(47)50-28-12-15-31-56(50)60(43-34-36-55-53(39-43)49-27-11-14-30-54(49)59(55)37-17-18-38-59)44-33-35-52-51-29-13-16-32-57(51)61(58(52)40-44)42-21-5-2-6-22-42/h1-16,19-36,39-40H,17-18,37-38H2. The van der Waals surface area contributed by atoms with Gasteiger partial charge in [-0.05, 0) is 111 Å². The first kappa shape index (κ1) is 35.5. The molecule has 2 aliphatic carbocycles. The Hall–Kier alpha value is -7.42. The molecule has 10 aromatic rings. The van der Waals surface area contributed by atoms with Crippen molar-refractivity contribution in [1.29, 1.82) is 0 Å². The molecule has 1 fully saturated rings. The van der Waals surface area contributed by atoms with Crippen LogP contribution in [0.1, 0.15) is 36.8 Å². The van der Waals surface area contributed by atoms with Gasteiger partial charge in [-0.1, -0.05) is 183 Å². The predicted octanol–water partition coefficient (Wildman–Crippen LogP) is 16.1. The highest BCUT2D eigenvalue weighted by molar-refractivity contribution is 6.11. The molecular weight excluding hydrogens is 737 g/mol. The van der Waals surface area contributed by atoms with Crippen molar-refractivity contribution < 1.29 is 0 Å². The number of hydrogen-bond acceptors (Lipinski definition) is 1. The van der Waals surface area contributed by atoms with E-state index in [9.17, 15) is 0 Å². The smallest absolute Gasteiger partial charge is 0.0561 e. The highest BCUT2D eigenvalue weighted by atomic mass is 15.1. The number of para-hydroxylation sites is 3. The summed E-state index contributed by atoms with van der Waals surface area (Å²) < 4.78 is 2.43. The molecule has 61 heavy (non-hydrogen) atoms. The van der Waals surface area contributed by atoms with E-state index in [1.165, 1.54) is 103 Å². The Balaban J connectivity index is 1.11. The second kappa shape index (κ2) is 14.4. The van der Waals surface area contributed by atoms with E-state index in [1.807, 2.05) is 0 Å². The van der Waals surface area contributed by atoms with E-state index < -0.39 is 0 Å². The first-order valence-corrected chi connectivity index (χ1v) is 21.7. The Morgan fingerprint density at radius 3 is 1.66 bits per heavy atom. The lowest BCUT2D eigenvalue weighted by atomic mass is 9.77. The summed E-state index contributed by atoms with van der Waals surface area (Å²) in [5.74, 6) is 0. The lowest BCUT2D eigenvalue weighted by molar-refractivity contribution is 0.550. The molecule has 9 aromatic carbocycles. The van der Waals surface area contributed by atoms with Crippen LogP contribution in [-0.2, 0) is 5.41 Å². The lowest BCUT2D eigenvalue weighted by Gasteiger charge is -2.30. The molecule has 290 valence electrons. The Bertz CT molecular complexity index is 3260. The third kappa shape index (κ3) is 5.63. The first-order valence-electron chi connectivity index (χ1n) is 21.7. The van der Waals surface area contributed by atoms with E-state index in [1.54, 1.807) is 0 Å². The summed E-state index contributed by atoms with van der Waals surface area (Å²) >= 11 is 0. The maximum absolute atomic E-state index is 2.52. The Kier molecular flexibility index (Phi) is 8.38. The van der Waals surface area contributed by atoms with Crippen molar-refractivity contribution in [2.45, 2.75) is 31.1 Å². The largest absolute Gasteiger partial charge is 0.310 e. The molecule has 1 spiro atoms. The SMILES string of the molecule is c1ccc(-c2ccccc2-c2ccccc2-c2ccccc2N(c2ccc3c(c2)-c2ccccc2C32CCCC2)c2ccc3c4ccccc4n(-c4ccccc4)c3c2)cc1. The molecule has 2 heteroatoms. The van der Waals surface area contributed by atoms with Crippen molar-refractivity contribution in [2.24, 2.45) is 0 Å². The zero-order valence-electron chi connectivity index (χ0n) is 34.0. The summed E-state index contributed by atoms with van der Waals surface area (Å²) in [4.78, 5) is 2.52.